The summed E-state index contributed by atoms with van der Waals surface area (Å²) in [5, 5.41) is 12.3. The summed E-state index contributed by atoms with van der Waals surface area (Å²) in [5.74, 6) is 0.543. The van der Waals surface area contributed by atoms with E-state index in [0.29, 0.717) is 17.4 Å². The lowest BCUT2D eigenvalue weighted by Crippen LogP contribution is -2.67. The number of aliphatic hydroxyl groups is 1. The largest absolute Gasteiger partial charge is 0.379 e. The predicted octanol–water partition coefficient (Wildman–Crippen LogP) is 4.74. The van der Waals surface area contributed by atoms with Gasteiger partial charge in [0, 0.05) is 42.2 Å². The highest BCUT2D eigenvalue weighted by molar-refractivity contribution is 6.30. The van der Waals surface area contributed by atoms with Crippen LogP contribution >= 0.6 is 11.6 Å². The van der Waals surface area contributed by atoms with Gasteiger partial charge in [0.15, 0.2) is 5.78 Å². The number of piperidine rings is 3. The summed E-state index contributed by atoms with van der Waals surface area (Å²) in [5.41, 5.74) is 2.19. The number of ketones is 1. The summed E-state index contributed by atoms with van der Waals surface area (Å²) >= 11 is 6.04. The van der Waals surface area contributed by atoms with Crippen molar-refractivity contribution in [2.45, 2.75) is 38.2 Å². The van der Waals surface area contributed by atoms with Crippen LogP contribution in [-0.4, -0.2) is 41.6 Å². The number of carbonyl (C=O) groups excluding carboxylic acids is 1. The minimum Gasteiger partial charge on any atom is -0.379 e. The van der Waals surface area contributed by atoms with Crippen molar-refractivity contribution >= 4 is 17.4 Å². The molecule has 3 aliphatic rings. The molecule has 3 fully saturated rings. The van der Waals surface area contributed by atoms with Crippen molar-refractivity contribution in [1.29, 1.82) is 0 Å². The normalized spacial score (nSPS) is 29.0. The molecule has 0 unspecified atom stereocenters. The van der Waals surface area contributed by atoms with Gasteiger partial charge in [0.1, 0.15) is 12.1 Å². The smallest absolute Gasteiger partial charge is 0.163 e. The quantitative estimate of drug-likeness (QED) is 0.563. The molecule has 148 valence electrons. The Bertz CT molecular complexity index is 838. The van der Waals surface area contributed by atoms with Crippen LogP contribution in [0.1, 0.15) is 47.2 Å². The number of Topliss-reactive ketones (excluding diaryl/α,β-unsaturated/α-hetero) is 1. The predicted molar refractivity (Wildman–Crippen MR) is 113 cm³/mol. The molecular weight excluding hydrogens is 370 g/mol. The Morgan fingerprint density at radius 2 is 1.75 bits per heavy atom. The van der Waals surface area contributed by atoms with E-state index in [1.807, 2.05) is 55.5 Å². The monoisotopic (exact) mass is 398 g/mol. The van der Waals surface area contributed by atoms with Crippen LogP contribution in [0.25, 0.3) is 0 Å². The molecule has 4 heteroatoms. The molecule has 0 spiro atoms. The van der Waals surface area contributed by atoms with E-state index in [-0.39, 0.29) is 5.78 Å². The van der Waals surface area contributed by atoms with Crippen LogP contribution in [0.5, 0.6) is 0 Å². The van der Waals surface area contributed by atoms with E-state index < -0.39 is 5.60 Å². The first-order valence-electron chi connectivity index (χ1n) is 10.3. The lowest BCUT2D eigenvalue weighted by Gasteiger charge is -2.56. The molecule has 28 heavy (non-hydrogen) atoms. The standard InChI is InChI=1S/C24H29ClNO2/c1-18-4-6-19(7-5-18)23(27)3-2-14-26-15-12-21(13-16-26)24(28,17-26)20-8-10-22(25)11-9-20/h4-11,21,28H,2-3,12-17H2,1H3/q+1/t21?,24-,26?/m0/s1. The number of benzene rings is 2. The number of aryl methyl sites for hydroxylation is 1. The lowest BCUT2D eigenvalue weighted by molar-refractivity contribution is -0.952. The highest BCUT2D eigenvalue weighted by Crippen LogP contribution is 2.46. The Balaban J connectivity index is 1.42. The maximum Gasteiger partial charge on any atom is 0.163 e. The number of halogens is 1. The van der Waals surface area contributed by atoms with Crippen molar-refractivity contribution in [1.82, 2.24) is 0 Å². The molecule has 1 atom stereocenters. The number of hydrogen-bond donors (Lipinski definition) is 1. The fourth-order valence-electron chi connectivity index (χ4n) is 5.22. The molecule has 0 aromatic heterocycles. The summed E-state index contributed by atoms with van der Waals surface area (Å²) in [6, 6.07) is 15.5. The summed E-state index contributed by atoms with van der Waals surface area (Å²) in [7, 11) is 0. The van der Waals surface area contributed by atoms with Crippen LogP contribution in [0.15, 0.2) is 48.5 Å². The molecule has 3 heterocycles. The average molecular weight is 399 g/mol. The van der Waals surface area contributed by atoms with Gasteiger partial charge in [-0.05, 0) is 24.6 Å². The van der Waals surface area contributed by atoms with Crippen molar-refractivity contribution in [3.8, 4) is 0 Å². The van der Waals surface area contributed by atoms with Crippen LogP contribution in [0, 0.1) is 12.8 Å². The molecule has 3 saturated heterocycles. The molecule has 3 aliphatic heterocycles. The molecular formula is C24H29ClNO2+. The van der Waals surface area contributed by atoms with Gasteiger partial charge in [0.05, 0.1) is 19.6 Å². The van der Waals surface area contributed by atoms with Crippen LogP contribution in [-0.2, 0) is 5.60 Å². The average Bonchev–Trinajstić information content (AvgIpc) is 2.69. The molecule has 0 amide bonds. The zero-order valence-corrected chi connectivity index (χ0v) is 17.3. The number of hydrogen-bond acceptors (Lipinski definition) is 2. The molecule has 3 nitrogen and oxygen atoms in total. The van der Waals surface area contributed by atoms with Crippen LogP contribution in [0.3, 0.4) is 0 Å². The van der Waals surface area contributed by atoms with E-state index in [2.05, 4.69) is 0 Å². The lowest BCUT2D eigenvalue weighted by atomic mass is 9.70. The van der Waals surface area contributed by atoms with Gasteiger partial charge in [-0.2, -0.15) is 0 Å². The van der Waals surface area contributed by atoms with Crippen LogP contribution in [0.2, 0.25) is 5.02 Å². The van der Waals surface area contributed by atoms with E-state index in [4.69, 9.17) is 11.6 Å². The minimum absolute atomic E-state index is 0.220. The Kier molecular flexibility index (Phi) is 5.34. The van der Waals surface area contributed by atoms with Gasteiger partial charge in [-0.15, -0.1) is 0 Å². The third-order valence-corrected chi connectivity index (χ3v) is 7.16. The van der Waals surface area contributed by atoms with Gasteiger partial charge < -0.3 is 9.59 Å². The van der Waals surface area contributed by atoms with Crippen LogP contribution in [0.4, 0.5) is 0 Å². The summed E-state index contributed by atoms with van der Waals surface area (Å²) in [6.07, 6.45) is 3.54. The summed E-state index contributed by atoms with van der Waals surface area (Å²) in [4.78, 5) is 12.5. The second-order valence-electron chi connectivity index (χ2n) is 8.77. The first-order valence-corrected chi connectivity index (χ1v) is 10.7. The third-order valence-electron chi connectivity index (χ3n) is 6.91. The van der Waals surface area contributed by atoms with E-state index in [0.717, 1.165) is 61.1 Å². The number of fused-ring (bicyclic) bond motifs is 3. The first-order chi connectivity index (χ1) is 13.4. The fourth-order valence-corrected chi connectivity index (χ4v) is 5.34. The summed E-state index contributed by atoms with van der Waals surface area (Å²) < 4.78 is 0.927. The summed E-state index contributed by atoms with van der Waals surface area (Å²) in [6.45, 7) is 5.96. The van der Waals surface area contributed by atoms with E-state index in [1.165, 1.54) is 5.56 Å². The second-order valence-corrected chi connectivity index (χ2v) is 9.21. The fraction of sp³-hybridized carbons (Fsp3) is 0.458. The van der Waals surface area contributed by atoms with Gasteiger partial charge in [-0.1, -0.05) is 53.6 Å². The molecule has 0 radical (unpaired) electrons. The molecule has 0 aliphatic carbocycles. The van der Waals surface area contributed by atoms with Gasteiger partial charge in [0.2, 0.25) is 0 Å². The van der Waals surface area contributed by atoms with Crippen molar-refractivity contribution in [3.05, 3.63) is 70.2 Å². The zero-order valence-electron chi connectivity index (χ0n) is 16.5. The Labute approximate surface area is 172 Å². The zero-order chi connectivity index (χ0) is 19.8. The van der Waals surface area contributed by atoms with Crippen molar-refractivity contribution < 1.29 is 14.4 Å². The Morgan fingerprint density at radius 3 is 2.39 bits per heavy atom. The Hall–Kier alpha value is -1.68. The molecule has 2 bridgehead atoms. The van der Waals surface area contributed by atoms with Crippen molar-refractivity contribution in [2.24, 2.45) is 5.92 Å². The number of rotatable bonds is 6. The highest BCUT2D eigenvalue weighted by atomic mass is 35.5. The minimum atomic E-state index is -0.776. The SMILES string of the molecule is Cc1ccc(C(=O)CCC[N+]23CCC(CC2)[C@@](O)(c2ccc(Cl)cc2)C3)cc1. The molecule has 0 saturated carbocycles. The van der Waals surface area contributed by atoms with Gasteiger partial charge in [0.25, 0.3) is 0 Å². The van der Waals surface area contributed by atoms with Gasteiger partial charge in [-0.25, -0.2) is 0 Å². The van der Waals surface area contributed by atoms with E-state index in [1.54, 1.807) is 0 Å². The number of quaternary nitrogens is 1. The molecule has 2 aromatic carbocycles. The maximum atomic E-state index is 12.5. The van der Waals surface area contributed by atoms with Crippen LogP contribution < -0.4 is 0 Å². The maximum absolute atomic E-state index is 12.5. The van der Waals surface area contributed by atoms with Gasteiger partial charge in [-0.3, -0.25) is 4.79 Å². The highest BCUT2D eigenvalue weighted by Gasteiger charge is 2.54. The van der Waals surface area contributed by atoms with E-state index >= 15 is 0 Å². The van der Waals surface area contributed by atoms with Crippen molar-refractivity contribution in [3.63, 3.8) is 0 Å². The van der Waals surface area contributed by atoms with E-state index in [9.17, 15) is 9.90 Å². The molecule has 5 rings (SSSR count). The molecule has 1 N–H and O–H groups in total. The van der Waals surface area contributed by atoms with Gasteiger partial charge >= 0.3 is 0 Å². The molecule has 2 aromatic rings. The topological polar surface area (TPSA) is 37.3 Å². The Morgan fingerprint density at radius 1 is 1.11 bits per heavy atom. The second kappa shape index (κ2) is 7.62. The third kappa shape index (κ3) is 3.76. The number of nitrogens with zero attached hydrogens (tertiary/aromatic N) is 1. The first kappa shape index (κ1) is 19.6. The number of carbonyl (C=O) groups is 1. The van der Waals surface area contributed by atoms with Crippen molar-refractivity contribution in [2.75, 3.05) is 26.2 Å².